The molecular weight excluding hydrogens is 182 g/mol. The van der Waals surface area contributed by atoms with Crippen LogP contribution in [0, 0.1) is 5.92 Å². The molecule has 0 radical (unpaired) electrons. The monoisotopic (exact) mass is 199 g/mol. The van der Waals surface area contributed by atoms with E-state index in [1.807, 2.05) is 0 Å². The highest BCUT2D eigenvalue weighted by Crippen LogP contribution is 1.95. The number of hydrogen-bond acceptors (Lipinski definition) is 3. The van der Waals surface area contributed by atoms with Crippen LogP contribution in [-0.4, -0.2) is 25.5 Å². The molecule has 1 atom stereocenters. The van der Waals surface area contributed by atoms with Crippen molar-refractivity contribution >= 4 is 11.9 Å². The van der Waals surface area contributed by atoms with E-state index in [4.69, 9.17) is 0 Å². The van der Waals surface area contributed by atoms with E-state index < -0.39 is 0 Å². The van der Waals surface area contributed by atoms with Gasteiger partial charge in [-0.25, -0.2) is 0 Å². The Hall–Kier alpha value is -1.32. The molecule has 0 saturated carbocycles. The summed E-state index contributed by atoms with van der Waals surface area (Å²) >= 11 is 0. The zero-order chi connectivity index (χ0) is 11.0. The van der Waals surface area contributed by atoms with Crippen molar-refractivity contribution in [3.05, 3.63) is 12.7 Å². The van der Waals surface area contributed by atoms with E-state index in [0.717, 1.165) is 0 Å². The molecule has 0 heterocycles. The number of esters is 1. The van der Waals surface area contributed by atoms with Gasteiger partial charge in [0.25, 0.3) is 0 Å². The molecule has 14 heavy (non-hydrogen) atoms. The lowest BCUT2D eigenvalue weighted by molar-refractivity contribution is -0.140. The summed E-state index contributed by atoms with van der Waals surface area (Å²) in [7, 11) is 1.35. The fourth-order valence-corrected chi connectivity index (χ4v) is 0.814. The molecule has 0 aliphatic carbocycles. The average molecular weight is 199 g/mol. The predicted octanol–water partition coefficient (Wildman–Crippen LogP) is 0.878. The van der Waals surface area contributed by atoms with E-state index in [1.54, 1.807) is 13.0 Å². The molecule has 0 rings (SSSR count). The number of rotatable bonds is 6. The van der Waals surface area contributed by atoms with Crippen molar-refractivity contribution in [1.29, 1.82) is 0 Å². The largest absolute Gasteiger partial charge is 0.469 e. The number of carbonyl (C=O) groups is 2. The summed E-state index contributed by atoms with van der Waals surface area (Å²) in [6.45, 7) is 5.78. The Bertz CT molecular complexity index is 213. The summed E-state index contributed by atoms with van der Waals surface area (Å²) in [6.07, 6.45) is 2.51. The summed E-state index contributed by atoms with van der Waals surface area (Å²) in [5.41, 5.74) is 0. The Labute approximate surface area is 84.3 Å². The fraction of sp³-hybridized carbons (Fsp3) is 0.600. The second-order valence-corrected chi connectivity index (χ2v) is 3.00. The first-order chi connectivity index (χ1) is 6.61. The number of amides is 1. The SMILES string of the molecule is C=CC(C)C(=O)NCCCC(=O)OC. The third kappa shape index (κ3) is 5.35. The molecular formula is C10H17NO3. The zero-order valence-electron chi connectivity index (χ0n) is 8.71. The molecule has 0 spiro atoms. The molecule has 4 nitrogen and oxygen atoms in total. The number of ether oxygens (including phenoxy) is 1. The Morgan fingerprint density at radius 2 is 2.21 bits per heavy atom. The Morgan fingerprint density at radius 3 is 2.71 bits per heavy atom. The minimum atomic E-state index is -0.254. The van der Waals surface area contributed by atoms with Gasteiger partial charge in [-0.1, -0.05) is 13.0 Å². The molecule has 0 saturated heterocycles. The Kier molecular flexibility index (Phi) is 6.45. The van der Waals surface area contributed by atoms with Crippen molar-refractivity contribution in [3.63, 3.8) is 0 Å². The summed E-state index contributed by atoms with van der Waals surface area (Å²) in [5.74, 6) is -0.506. The maximum atomic E-state index is 11.2. The minimum absolute atomic E-state index is 0.0649. The first-order valence-corrected chi connectivity index (χ1v) is 4.59. The van der Waals surface area contributed by atoms with Crippen molar-refractivity contribution in [2.24, 2.45) is 5.92 Å². The molecule has 0 aromatic heterocycles. The lowest BCUT2D eigenvalue weighted by atomic mass is 10.1. The molecule has 0 aliphatic heterocycles. The van der Waals surface area contributed by atoms with Crippen LogP contribution in [0.1, 0.15) is 19.8 Å². The second-order valence-electron chi connectivity index (χ2n) is 3.00. The van der Waals surface area contributed by atoms with Gasteiger partial charge in [-0.05, 0) is 6.42 Å². The topological polar surface area (TPSA) is 55.4 Å². The quantitative estimate of drug-likeness (QED) is 0.392. The van der Waals surface area contributed by atoms with Gasteiger partial charge in [0, 0.05) is 13.0 Å². The van der Waals surface area contributed by atoms with Gasteiger partial charge in [-0.3, -0.25) is 9.59 Å². The number of methoxy groups -OCH3 is 1. The number of nitrogens with one attached hydrogen (secondary N) is 1. The predicted molar refractivity (Wildman–Crippen MR) is 53.6 cm³/mol. The van der Waals surface area contributed by atoms with Crippen molar-refractivity contribution in [3.8, 4) is 0 Å². The fourth-order valence-electron chi connectivity index (χ4n) is 0.814. The molecule has 0 aromatic carbocycles. The third-order valence-electron chi connectivity index (χ3n) is 1.85. The molecule has 0 aromatic rings. The highest BCUT2D eigenvalue weighted by atomic mass is 16.5. The van der Waals surface area contributed by atoms with E-state index in [9.17, 15) is 9.59 Å². The lowest BCUT2D eigenvalue weighted by Crippen LogP contribution is -2.29. The Morgan fingerprint density at radius 1 is 1.57 bits per heavy atom. The maximum Gasteiger partial charge on any atom is 0.305 e. The van der Waals surface area contributed by atoms with Crippen LogP contribution in [0.2, 0.25) is 0 Å². The van der Waals surface area contributed by atoms with Crippen LogP contribution in [0.25, 0.3) is 0 Å². The van der Waals surface area contributed by atoms with E-state index in [1.165, 1.54) is 7.11 Å². The van der Waals surface area contributed by atoms with E-state index in [-0.39, 0.29) is 17.8 Å². The highest BCUT2D eigenvalue weighted by molar-refractivity contribution is 5.79. The zero-order valence-corrected chi connectivity index (χ0v) is 8.71. The van der Waals surface area contributed by atoms with Gasteiger partial charge in [-0.15, -0.1) is 6.58 Å². The standard InChI is InChI=1S/C10H17NO3/c1-4-8(2)10(13)11-7-5-6-9(12)14-3/h4,8H,1,5-7H2,2-3H3,(H,11,13). The molecule has 80 valence electrons. The highest BCUT2D eigenvalue weighted by Gasteiger charge is 2.07. The van der Waals surface area contributed by atoms with Crippen LogP contribution in [0.15, 0.2) is 12.7 Å². The van der Waals surface area contributed by atoms with Crippen molar-refractivity contribution < 1.29 is 14.3 Å². The van der Waals surface area contributed by atoms with Crippen LogP contribution in [0.5, 0.6) is 0 Å². The van der Waals surface area contributed by atoms with Gasteiger partial charge in [0.15, 0.2) is 0 Å². The van der Waals surface area contributed by atoms with Gasteiger partial charge in [0.2, 0.25) is 5.91 Å². The molecule has 0 bridgehead atoms. The second kappa shape index (κ2) is 7.12. The first kappa shape index (κ1) is 12.7. The van der Waals surface area contributed by atoms with Gasteiger partial charge < -0.3 is 10.1 Å². The maximum absolute atomic E-state index is 11.2. The smallest absolute Gasteiger partial charge is 0.305 e. The van der Waals surface area contributed by atoms with Crippen molar-refractivity contribution in [2.45, 2.75) is 19.8 Å². The molecule has 0 fully saturated rings. The summed E-state index contributed by atoms with van der Waals surface area (Å²) in [5, 5.41) is 2.69. The van der Waals surface area contributed by atoms with Gasteiger partial charge in [0.1, 0.15) is 0 Å². The molecule has 4 heteroatoms. The molecule has 1 amide bonds. The summed E-state index contributed by atoms with van der Waals surface area (Å²) in [4.78, 5) is 21.9. The van der Waals surface area contributed by atoms with E-state index >= 15 is 0 Å². The van der Waals surface area contributed by atoms with Gasteiger partial charge in [0.05, 0.1) is 13.0 Å². The van der Waals surface area contributed by atoms with Gasteiger partial charge in [-0.2, -0.15) is 0 Å². The summed E-state index contributed by atoms with van der Waals surface area (Å²) in [6, 6.07) is 0. The van der Waals surface area contributed by atoms with Crippen LogP contribution < -0.4 is 5.32 Å². The summed E-state index contributed by atoms with van der Waals surface area (Å²) < 4.78 is 4.46. The van der Waals surface area contributed by atoms with Crippen LogP contribution >= 0.6 is 0 Å². The normalized spacial score (nSPS) is 11.6. The van der Waals surface area contributed by atoms with Crippen LogP contribution in [-0.2, 0) is 14.3 Å². The van der Waals surface area contributed by atoms with E-state index in [0.29, 0.717) is 19.4 Å². The van der Waals surface area contributed by atoms with Crippen molar-refractivity contribution in [1.82, 2.24) is 5.32 Å². The number of carbonyl (C=O) groups excluding carboxylic acids is 2. The van der Waals surface area contributed by atoms with Crippen LogP contribution in [0.3, 0.4) is 0 Å². The average Bonchev–Trinajstić information content (AvgIpc) is 2.22. The molecule has 0 aliphatic rings. The van der Waals surface area contributed by atoms with Crippen LogP contribution in [0.4, 0.5) is 0 Å². The first-order valence-electron chi connectivity index (χ1n) is 4.59. The molecule has 1 N–H and O–H groups in total. The van der Waals surface area contributed by atoms with Crippen molar-refractivity contribution in [2.75, 3.05) is 13.7 Å². The minimum Gasteiger partial charge on any atom is -0.469 e. The molecule has 1 unspecified atom stereocenters. The third-order valence-corrected chi connectivity index (χ3v) is 1.85. The Balaban J connectivity index is 3.50. The van der Waals surface area contributed by atoms with E-state index in [2.05, 4.69) is 16.6 Å². The van der Waals surface area contributed by atoms with Gasteiger partial charge >= 0.3 is 5.97 Å². The lowest BCUT2D eigenvalue weighted by Gasteiger charge is -2.07. The number of hydrogen-bond donors (Lipinski definition) is 1.